The molecule has 3 fully saturated rings. The molecular weight excluding hydrogens is 452 g/mol. The Kier molecular flexibility index (Phi) is 6.92. The van der Waals surface area contributed by atoms with Gasteiger partial charge in [-0.1, -0.05) is 19.9 Å². The Morgan fingerprint density at radius 3 is 2.57 bits per heavy atom. The number of benzene rings is 1. The number of ether oxygens (including phenoxy) is 2. The highest BCUT2D eigenvalue weighted by atomic mass is 16.5. The van der Waals surface area contributed by atoms with Gasteiger partial charge in [-0.05, 0) is 49.4 Å². The number of rotatable bonds is 10. The molecule has 35 heavy (non-hydrogen) atoms. The van der Waals surface area contributed by atoms with Crippen LogP contribution in [0, 0.1) is 17.8 Å². The van der Waals surface area contributed by atoms with E-state index in [1.807, 2.05) is 13.8 Å². The maximum atomic E-state index is 14.3. The summed E-state index contributed by atoms with van der Waals surface area (Å²) < 4.78 is 11.5. The lowest BCUT2D eigenvalue weighted by Gasteiger charge is -2.39. The molecule has 1 spiro atoms. The number of anilines is 1. The average molecular weight is 487 g/mol. The molecule has 0 radical (unpaired) electrons. The van der Waals surface area contributed by atoms with Gasteiger partial charge in [-0.15, -0.1) is 6.58 Å². The Morgan fingerprint density at radius 1 is 1.34 bits per heavy atom. The van der Waals surface area contributed by atoms with Crippen LogP contribution in [0.25, 0.3) is 0 Å². The van der Waals surface area contributed by atoms with Crippen LogP contribution in [-0.2, 0) is 19.1 Å². The van der Waals surface area contributed by atoms with E-state index < -0.39 is 47.5 Å². The van der Waals surface area contributed by atoms with Crippen molar-refractivity contribution >= 4 is 23.5 Å². The quantitative estimate of drug-likeness (QED) is 0.487. The molecule has 2 amide bonds. The number of carboxylic acid groups (broad SMARTS) is 1. The van der Waals surface area contributed by atoms with Crippen LogP contribution in [0.3, 0.4) is 0 Å². The number of hydrogen-bond donors (Lipinski definition) is 2. The van der Waals surface area contributed by atoms with Crippen molar-refractivity contribution in [2.75, 3.05) is 25.2 Å². The summed E-state index contributed by atoms with van der Waals surface area (Å²) in [5, 5.41) is 20.2. The fourth-order valence-electron chi connectivity index (χ4n) is 6.23. The summed E-state index contributed by atoms with van der Waals surface area (Å²) >= 11 is 0. The van der Waals surface area contributed by atoms with Crippen molar-refractivity contribution in [3.05, 3.63) is 36.9 Å². The summed E-state index contributed by atoms with van der Waals surface area (Å²) in [5.41, 5.74) is -0.646. The molecule has 3 heterocycles. The lowest BCUT2D eigenvalue weighted by atomic mass is 9.70. The molecular formula is C26H34N2O7. The minimum Gasteiger partial charge on any atom is -0.497 e. The summed E-state index contributed by atoms with van der Waals surface area (Å²) in [5.74, 6) is -3.09. The number of aliphatic hydroxyl groups excluding tert-OH is 1. The first-order valence-corrected chi connectivity index (χ1v) is 12.1. The number of aliphatic hydroxyl groups is 1. The molecule has 1 aromatic rings. The predicted octanol–water partition coefficient (Wildman–Crippen LogP) is 2.08. The number of carbonyl (C=O) groups excluding carboxylic acids is 2. The number of methoxy groups -OCH3 is 1. The Balaban J connectivity index is 1.81. The zero-order valence-electron chi connectivity index (χ0n) is 20.4. The van der Waals surface area contributed by atoms with E-state index >= 15 is 0 Å². The molecule has 0 unspecified atom stereocenters. The molecule has 4 rings (SSSR count). The van der Waals surface area contributed by atoms with Gasteiger partial charge < -0.3 is 29.5 Å². The Labute approximate surface area is 205 Å². The standard InChI is InChI=1S/C26H34N2O7/c1-5-12-27(16-6-8-18(34-4)9-7-16)24(31)22-26-11-10-19(35-26)20(25(32)33)21(26)23(30)28(22)17(14-29)13-15(2)3/h5-9,15,17,19-22,29H,1,10-14H2,2-4H3,(H,32,33)/t17-,19-,20+,21+,22-,26+/m1/s1. The monoisotopic (exact) mass is 486 g/mol. The van der Waals surface area contributed by atoms with Crippen LogP contribution in [-0.4, -0.2) is 76.9 Å². The van der Waals surface area contributed by atoms with Crippen molar-refractivity contribution in [1.29, 1.82) is 0 Å². The number of amides is 2. The minimum atomic E-state index is -1.24. The van der Waals surface area contributed by atoms with Gasteiger partial charge in [-0.25, -0.2) is 0 Å². The van der Waals surface area contributed by atoms with E-state index in [-0.39, 0.29) is 25.0 Å². The average Bonchev–Trinajstić information content (AvgIpc) is 3.48. The van der Waals surface area contributed by atoms with Crippen molar-refractivity contribution in [3.8, 4) is 5.75 Å². The van der Waals surface area contributed by atoms with Gasteiger partial charge in [0.1, 0.15) is 17.4 Å². The van der Waals surface area contributed by atoms with Crippen LogP contribution in [0.5, 0.6) is 5.75 Å². The molecule has 2 N–H and O–H groups in total. The highest BCUT2D eigenvalue weighted by molar-refractivity contribution is 6.04. The molecule has 0 saturated carbocycles. The van der Waals surface area contributed by atoms with E-state index in [9.17, 15) is 24.6 Å². The van der Waals surface area contributed by atoms with E-state index in [0.717, 1.165) is 0 Å². The fourth-order valence-corrected chi connectivity index (χ4v) is 6.23. The second-order valence-electron chi connectivity index (χ2n) is 10.0. The molecule has 6 atom stereocenters. The lowest BCUT2D eigenvalue weighted by molar-refractivity contribution is -0.151. The van der Waals surface area contributed by atoms with Crippen molar-refractivity contribution in [3.63, 3.8) is 0 Å². The van der Waals surface area contributed by atoms with Crippen molar-refractivity contribution < 1.29 is 34.1 Å². The predicted molar refractivity (Wildman–Crippen MR) is 128 cm³/mol. The Morgan fingerprint density at radius 2 is 2.03 bits per heavy atom. The molecule has 1 aromatic carbocycles. The van der Waals surface area contributed by atoms with Crippen molar-refractivity contribution in [1.82, 2.24) is 4.90 Å². The van der Waals surface area contributed by atoms with Gasteiger partial charge in [0, 0.05) is 12.2 Å². The van der Waals surface area contributed by atoms with E-state index in [1.54, 1.807) is 37.5 Å². The third kappa shape index (κ3) is 4.00. The molecule has 3 aliphatic rings. The number of carbonyl (C=O) groups is 3. The first-order valence-electron chi connectivity index (χ1n) is 12.1. The van der Waals surface area contributed by atoms with Crippen LogP contribution in [0.2, 0.25) is 0 Å². The topological polar surface area (TPSA) is 117 Å². The molecule has 9 heteroatoms. The van der Waals surface area contributed by atoms with Gasteiger partial charge >= 0.3 is 5.97 Å². The third-order valence-corrected chi connectivity index (χ3v) is 7.57. The van der Waals surface area contributed by atoms with E-state index in [2.05, 4.69) is 6.58 Å². The largest absolute Gasteiger partial charge is 0.497 e. The summed E-state index contributed by atoms with van der Waals surface area (Å²) in [6.45, 7) is 7.60. The maximum absolute atomic E-state index is 14.3. The molecule has 3 saturated heterocycles. The summed E-state index contributed by atoms with van der Waals surface area (Å²) in [7, 11) is 1.56. The second-order valence-corrected chi connectivity index (χ2v) is 10.0. The van der Waals surface area contributed by atoms with Crippen molar-refractivity contribution in [2.45, 2.75) is 56.9 Å². The number of fused-ring (bicyclic) bond motifs is 1. The number of likely N-dealkylation sites (tertiary alicyclic amines) is 1. The van der Waals surface area contributed by atoms with Crippen molar-refractivity contribution in [2.24, 2.45) is 17.8 Å². The van der Waals surface area contributed by atoms with E-state index in [4.69, 9.17) is 9.47 Å². The number of carboxylic acids is 1. The van der Waals surface area contributed by atoms with Crippen LogP contribution in [0.4, 0.5) is 5.69 Å². The van der Waals surface area contributed by atoms with E-state index in [0.29, 0.717) is 30.7 Å². The third-order valence-electron chi connectivity index (χ3n) is 7.57. The normalized spacial score (nSPS) is 29.9. The van der Waals surface area contributed by atoms with Gasteiger partial charge in [0.25, 0.3) is 5.91 Å². The Bertz CT molecular complexity index is 994. The van der Waals surface area contributed by atoms with Crippen LogP contribution >= 0.6 is 0 Å². The van der Waals surface area contributed by atoms with Gasteiger partial charge in [0.2, 0.25) is 5.91 Å². The minimum absolute atomic E-state index is 0.145. The summed E-state index contributed by atoms with van der Waals surface area (Å²) in [4.78, 5) is 43.3. The zero-order chi connectivity index (χ0) is 25.5. The summed E-state index contributed by atoms with van der Waals surface area (Å²) in [6, 6.07) is 5.31. The van der Waals surface area contributed by atoms with E-state index in [1.165, 1.54) is 9.80 Å². The summed E-state index contributed by atoms with van der Waals surface area (Å²) in [6.07, 6.45) is 2.35. The molecule has 3 aliphatic heterocycles. The number of aliphatic carboxylic acids is 1. The number of nitrogens with zero attached hydrogens (tertiary/aromatic N) is 2. The first kappa shape index (κ1) is 25.2. The molecule has 190 valence electrons. The van der Waals surface area contributed by atoms with Crippen LogP contribution < -0.4 is 9.64 Å². The molecule has 0 aliphatic carbocycles. The smallest absolute Gasteiger partial charge is 0.310 e. The van der Waals surface area contributed by atoms with Gasteiger partial charge in [-0.2, -0.15) is 0 Å². The van der Waals surface area contributed by atoms with Crippen LogP contribution in [0.1, 0.15) is 33.1 Å². The molecule has 9 nitrogen and oxygen atoms in total. The molecule has 0 aromatic heterocycles. The van der Waals surface area contributed by atoms with Gasteiger partial charge in [0.05, 0.1) is 37.7 Å². The fraction of sp³-hybridized carbons (Fsp3) is 0.577. The zero-order valence-corrected chi connectivity index (χ0v) is 20.4. The first-order chi connectivity index (χ1) is 16.7. The molecule has 2 bridgehead atoms. The number of hydrogen-bond acceptors (Lipinski definition) is 6. The highest BCUT2D eigenvalue weighted by Gasteiger charge is 2.75. The highest BCUT2D eigenvalue weighted by Crippen LogP contribution is 2.59. The second kappa shape index (κ2) is 9.62. The lowest BCUT2D eigenvalue weighted by Crippen LogP contribution is -2.59. The SMILES string of the molecule is C=CCN(C(=O)[C@H]1N([C@@H](CO)CC(C)C)C(=O)[C@@H]2[C@@H](C(=O)O)[C@H]3CC[C@]21O3)c1ccc(OC)cc1. The van der Waals surface area contributed by atoms with Gasteiger partial charge in [0.15, 0.2) is 0 Å². The maximum Gasteiger partial charge on any atom is 0.310 e. The van der Waals surface area contributed by atoms with Crippen LogP contribution in [0.15, 0.2) is 36.9 Å². The van der Waals surface area contributed by atoms with Gasteiger partial charge in [-0.3, -0.25) is 14.4 Å². The Hall–Kier alpha value is -2.91.